The molecule has 6 heteroatoms. The first-order chi connectivity index (χ1) is 14.6. The zero-order chi connectivity index (χ0) is 21.0. The molecule has 30 heavy (non-hydrogen) atoms. The lowest BCUT2D eigenvalue weighted by atomic mass is 9.77. The summed E-state index contributed by atoms with van der Waals surface area (Å²) < 4.78 is 0. The van der Waals surface area contributed by atoms with E-state index >= 15 is 0 Å². The third-order valence-electron chi connectivity index (χ3n) is 4.89. The second-order valence-electron chi connectivity index (χ2n) is 6.69. The van der Waals surface area contributed by atoms with E-state index in [0.717, 1.165) is 16.7 Å². The fourth-order valence-electron chi connectivity index (χ4n) is 3.50. The van der Waals surface area contributed by atoms with Gasteiger partial charge < -0.3 is 10.4 Å². The lowest BCUT2D eigenvalue weighted by Crippen LogP contribution is -2.38. The molecule has 0 amide bonds. The van der Waals surface area contributed by atoms with Gasteiger partial charge in [-0.1, -0.05) is 91.0 Å². The number of rotatable bonds is 7. The van der Waals surface area contributed by atoms with E-state index in [-0.39, 0.29) is 5.69 Å². The maximum absolute atomic E-state index is 11.2. The summed E-state index contributed by atoms with van der Waals surface area (Å²) in [5.74, 6) is -1.30. The Kier molecular flexibility index (Phi) is 5.41. The zero-order valence-corrected chi connectivity index (χ0v) is 16.8. The van der Waals surface area contributed by atoms with Crippen molar-refractivity contribution in [2.75, 3.05) is 5.32 Å². The zero-order valence-electron chi connectivity index (χ0n) is 15.9. The Balaban J connectivity index is 1.92. The van der Waals surface area contributed by atoms with Crippen LogP contribution in [0.4, 0.5) is 5.13 Å². The van der Waals surface area contributed by atoms with Gasteiger partial charge in [0.2, 0.25) is 0 Å². The summed E-state index contributed by atoms with van der Waals surface area (Å²) in [5.41, 5.74) is 1.93. The maximum Gasteiger partial charge on any atom is 0.356 e. The van der Waals surface area contributed by atoms with Gasteiger partial charge in [-0.15, -0.1) is 11.3 Å². The van der Waals surface area contributed by atoms with Gasteiger partial charge in [0.05, 0.1) is 0 Å². The minimum atomic E-state index is -1.30. The molecule has 0 aliphatic carbocycles. The predicted molar refractivity (Wildman–Crippen MR) is 119 cm³/mol. The fourth-order valence-corrected chi connectivity index (χ4v) is 4.25. The van der Waals surface area contributed by atoms with Crippen LogP contribution in [0.15, 0.2) is 96.4 Å². The van der Waals surface area contributed by atoms with Gasteiger partial charge in [-0.2, -0.15) is 0 Å². The van der Waals surface area contributed by atoms with Crippen molar-refractivity contribution in [1.82, 2.24) is 4.98 Å². The Morgan fingerprint density at radius 1 is 0.833 bits per heavy atom. The van der Waals surface area contributed by atoms with Crippen molar-refractivity contribution in [3.05, 3.63) is 119 Å². The molecule has 148 valence electrons. The molecule has 0 unspecified atom stereocenters. The minimum Gasteiger partial charge on any atom is -0.476 e. The standard InChI is InChI=1S/C24H19N3O2S/c25-21(22(28)29)20-16-30-23(26-20)27-24(17-10-4-1-5-11-17,18-12-6-2-7-13-18)19-14-8-3-9-15-19/h1-16,25H,(H,26,27)(H,28,29). The molecule has 1 aromatic heterocycles. The fraction of sp³-hybridized carbons (Fsp3) is 0.0417. The topological polar surface area (TPSA) is 86.1 Å². The highest BCUT2D eigenvalue weighted by molar-refractivity contribution is 7.14. The number of hydrogen-bond donors (Lipinski definition) is 3. The summed E-state index contributed by atoms with van der Waals surface area (Å²) in [4.78, 5) is 15.6. The minimum absolute atomic E-state index is 0.137. The number of carboxylic acid groups (broad SMARTS) is 1. The van der Waals surface area contributed by atoms with Crippen LogP contribution in [0, 0.1) is 5.41 Å². The number of aliphatic carboxylic acids is 1. The number of hydrogen-bond acceptors (Lipinski definition) is 5. The van der Waals surface area contributed by atoms with Gasteiger partial charge in [0.15, 0.2) is 10.8 Å². The molecule has 5 nitrogen and oxygen atoms in total. The number of nitrogens with one attached hydrogen (secondary N) is 2. The van der Waals surface area contributed by atoms with E-state index in [1.54, 1.807) is 5.38 Å². The van der Waals surface area contributed by atoms with Crippen LogP contribution in [0.1, 0.15) is 22.4 Å². The molecular weight excluding hydrogens is 394 g/mol. The van der Waals surface area contributed by atoms with Gasteiger partial charge in [-0.25, -0.2) is 9.78 Å². The quantitative estimate of drug-likeness (QED) is 0.294. The van der Waals surface area contributed by atoms with Crippen molar-refractivity contribution in [3.8, 4) is 0 Å². The molecular formula is C24H19N3O2S. The van der Waals surface area contributed by atoms with Crippen LogP contribution in [-0.2, 0) is 10.3 Å². The molecule has 0 radical (unpaired) electrons. The van der Waals surface area contributed by atoms with Gasteiger partial charge >= 0.3 is 5.97 Å². The summed E-state index contributed by atoms with van der Waals surface area (Å²) in [6.07, 6.45) is 0. The van der Waals surface area contributed by atoms with Crippen LogP contribution in [0.5, 0.6) is 0 Å². The van der Waals surface area contributed by atoms with E-state index < -0.39 is 17.2 Å². The number of thiazole rings is 1. The molecule has 4 aromatic rings. The van der Waals surface area contributed by atoms with Crippen LogP contribution in [0.2, 0.25) is 0 Å². The summed E-state index contributed by atoms with van der Waals surface area (Å²) in [5, 5.41) is 22.6. The van der Waals surface area contributed by atoms with Crippen LogP contribution in [0.25, 0.3) is 0 Å². The summed E-state index contributed by atoms with van der Waals surface area (Å²) >= 11 is 1.28. The van der Waals surface area contributed by atoms with E-state index in [1.165, 1.54) is 11.3 Å². The predicted octanol–water partition coefficient (Wildman–Crippen LogP) is 5.00. The number of carbonyl (C=O) groups is 1. The molecule has 0 spiro atoms. The lowest BCUT2D eigenvalue weighted by molar-refractivity contribution is -0.129. The highest BCUT2D eigenvalue weighted by Crippen LogP contribution is 2.40. The first-order valence-electron chi connectivity index (χ1n) is 9.34. The van der Waals surface area contributed by atoms with Crippen LogP contribution < -0.4 is 5.32 Å². The Bertz CT molecular complexity index is 1060. The molecule has 0 aliphatic heterocycles. The molecule has 1 heterocycles. The first-order valence-corrected chi connectivity index (χ1v) is 10.2. The molecule has 3 N–H and O–H groups in total. The third-order valence-corrected chi connectivity index (χ3v) is 5.65. The average Bonchev–Trinajstić information content (AvgIpc) is 3.27. The van der Waals surface area contributed by atoms with E-state index in [0.29, 0.717) is 5.13 Å². The summed E-state index contributed by atoms with van der Waals surface area (Å²) in [6, 6.07) is 30.2. The van der Waals surface area contributed by atoms with Crippen molar-refractivity contribution in [1.29, 1.82) is 5.41 Å². The first kappa shape index (κ1) is 19.5. The van der Waals surface area contributed by atoms with E-state index in [4.69, 9.17) is 10.5 Å². The largest absolute Gasteiger partial charge is 0.476 e. The van der Waals surface area contributed by atoms with Crippen LogP contribution in [0.3, 0.4) is 0 Å². The van der Waals surface area contributed by atoms with Gasteiger partial charge in [-0.3, -0.25) is 5.41 Å². The summed E-state index contributed by atoms with van der Waals surface area (Å²) in [7, 11) is 0. The average molecular weight is 414 g/mol. The summed E-state index contributed by atoms with van der Waals surface area (Å²) in [6.45, 7) is 0. The SMILES string of the molecule is N=C(C(=O)O)c1csc(NC(c2ccccc2)(c2ccccc2)c2ccccc2)n1. The lowest BCUT2D eigenvalue weighted by Gasteiger charge is -2.36. The highest BCUT2D eigenvalue weighted by atomic mass is 32.1. The van der Waals surface area contributed by atoms with Crippen molar-refractivity contribution in [2.45, 2.75) is 5.54 Å². The Morgan fingerprint density at radius 2 is 1.27 bits per heavy atom. The van der Waals surface area contributed by atoms with Crippen molar-refractivity contribution < 1.29 is 9.90 Å². The number of carboxylic acids is 1. The number of nitrogens with zero attached hydrogens (tertiary/aromatic N) is 1. The smallest absolute Gasteiger partial charge is 0.356 e. The molecule has 0 saturated carbocycles. The van der Waals surface area contributed by atoms with Gasteiger partial charge in [-0.05, 0) is 16.7 Å². The molecule has 3 aromatic carbocycles. The second-order valence-corrected chi connectivity index (χ2v) is 7.55. The maximum atomic E-state index is 11.2. The molecule has 4 rings (SSSR count). The normalized spacial score (nSPS) is 11.1. The number of aromatic nitrogens is 1. The van der Waals surface area contributed by atoms with Crippen molar-refractivity contribution in [3.63, 3.8) is 0 Å². The van der Waals surface area contributed by atoms with E-state index in [1.807, 2.05) is 54.6 Å². The Hall–Kier alpha value is -3.77. The van der Waals surface area contributed by atoms with Gasteiger partial charge in [0, 0.05) is 5.38 Å². The van der Waals surface area contributed by atoms with Gasteiger partial charge in [0.1, 0.15) is 11.2 Å². The highest BCUT2D eigenvalue weighted by Gasteiger charge is 2.37. The molecule has 0 saturated heterocycles. The van der Waals surface area contributed by atoms with Gasteiger partial charge in [0.25, 0.3) is 0 Å². The van der Waals surface area contributed by atoms with E-state index in [2.05, 4.69) is 46.7 Å². The number of benzene rings is 3. The molecule has 0 atom stereocenters. The Labute approximate surface area is 178 Å². The van der Waals surface area contributed by atoms with Crippen molar-refractivity contribution >= 4 is 28.1 Å². The molecule has 0 aliphatic rings. The Morgan fingerprint density at radius 3 is 1.67 bits per heavy atom. The molecule has 0 bridgehead atoms. The van der Waals surface area contributed by atoms with Crippen molar-refractivity contribution in [2.24, 2.45) is 0 Å². The monoisotopic (exact) mass is 413 g/mol. The number of anilines is 1. The second kappa shape index (κ2) is 8.31. The molecule has 0 fully saturated rings. The van der Waals surface area contributed by atoms with Crippen LogP contribution in [-0.4, -0.2) is 21.8 Å². The third kappa shape index (κ3) is 3.60. The van der Waals surface area contributed by atoms with E-state index in [9.17, 15) is 4.79 Å². The van der Waals surface area contributed by atoms with Crippen LogP contribution >= 0.6 is 11.3 Å².